The Morgan fingerprint density at radius 3 is 2.80 bits per heavy atom. The van der Waals surface area contributed by atoms with Crippen LogP contribution in [0.25, 0.3) is 0 Å². The van der Waals surface area contributed by atoms with Crippen LogP contribution in [0.1, 0.15) is 10.4 Å². The molecule has 80 valence electrons. The minimum Gasteiger partial charge on any atom is -0.350 e. The summed E-state index contributed by atoms with van der Waals surface area (Å²) in [7, 11) is 0. The minimum absolute atomic E-state index is 0.0855. The predicted molar refractivity (Wildman–Crippen MR) is 49.5 cm³/mol. The topological polar surface area (TPSA) is 94.4 Å². The number of carbonyl (C=O) groups excluding carboxylic acids is 1. The van der Waals surface area contributed by atoms with Crippen molar-refractivity contribution in [2.24, 2.45) is 0 Å². The first kappa shape index (κ1) is 10.9. The number of aromatic nitrogens is 1. The molecule has 7 heteroatoms. The van der Waals surface area contributed by atoms with E-state index in [0.29, 0.717) is 5.56 Å². The molecule has 0 aliphatic carbocycles. The zero-order valence-corrected chi connectivity index (χ0v) is 7.75. The highest BCUT2D eigenvalue weighted by molar-refractivity contribution is 5.93. The van der Waals surface area contributed by atoms with E-state index in [1.165, 1.54) is 12.4 Å². The molecule has 1 rings (SSSR count). The molecule has 1 N–H and O–H groups in total. The molecule has 0 bridgehead atoms. The average Bonchev–Trinajstić information content (AvgIpc) is 2.25. The highest BCUT2D eigenvalue weighted by Crippen LogP contribution is 1.94. The number of hydrogen-bond acceptors (Lipinski definition) is 5. The van der Waals surface area contributed by atoms with Crippen LogP contribution in [0.4, 0.5) is 0 Å². The third kappa shape index (κ3) is 4.03. The van der Waals surface area contributed by atoms with E-state index in [1.807, 2.05) is 0 Å². The van der Waals surface area contributed by atoms with Gasteiger partial charge in [0.05, 0.1) is 0 Å². The van der Waals surface area contributed by atoms with Crippen molar-refractivity contribution in [1.29, 1.82) is 0 Å². The van der Waals surface area contributed by atoms with Crippen LogP contribution >= 0.6 is 0 Å². The van der Waals surface area contributed by atoms with E-state index >= 15 is 0 Å². The molecule has 0 aliphatic rings. The molecular weight excluding hydrogens is 202 g/mol. The first-order valence-electron chi connectivity index (χ1n) is 4.15. The van der Waals surface area contributed by atoms with E-state index in [2.05, 4.69) is 15.1 Å². The molecule has 1 amide bonds. The SMILES string of the molecule is O=C(NCCO[N+](=O)[O-])c1ccncc1. The van der Waals surface area contributed by atoms with E-state index in [-0.39, 0.29) is 19.1 Å². The molecule has 0 aromatic carbocycles. The van der Waals surface area contributed by atoms with Gasteiger partial charge in [-0.05, 0) is 12.1 Å². The summed E-state index contributed by atoms with van der Waals surface area (Å²) in [4.78, 5) is 28.9. The van der Waals surface area contributed by atoms with Gasteiger partial charge in [0.1, 0.15) is 6.61 Å². The summed E-state index contributed by atoms with van der Waals surface area (Å²) >= 11 is 0. The fraction of sp³-hybridized carbons (Fsp3) is 0.250. The van der Waals surface area contributed by atoms with Gasteiger partial charge in [-0.2, -0.15) is 0 Å². The monoisotopic (exact) mass is 211 g/mol. The molecular formula is C8H9N3O4. The zero-order valence-electron chi connectivity index (χ0n) is 7.75. The van der Waals surface area contributed by atoms with Gasteiger partial charge >= 0.3 is 0 Å². The van der Waals surface area contributed by atoms with Gasteiger partial charge in [-0.3, -0.25) is 9.78 Å². The first-order chi connectivity index (χ1) is 7.20. The molecule has 7 nitrogen and oxygen atoms in total. The maximum atomic E-state index is 11.3. The quantitative estimate of drug-likeness (QED) is 0.421. The molecule has 0 spiro atoms. The summed E-state index contributed by atoms with van der Waals surface area (Å²) in [6.07, 6.45) is 2.98. The number of amides is 1. The Balaban J connectivity index is 2.28. The van der Waals surface area contributed by atoms with E-state index in [0.717, 1.165) is 0 Å². The van der Waals surface area contributed by atoms with Gasteiger partial charge in [-0.15, -0.1) is 10.1 Å². The number of pyridine rings is 1. The van der Waals surface area contributed by atoms with E-state index in [9.17, 15) is 14.9 Å². The summed E-state index contributed by atoms with van der Waals surface area (Å²) < 4.78 is 0. The van der Waals surface area contributed by atoms with Crippen LogP contribution in [0.5, 0.6) is 0 Å². The lowest BCUT2D eigenvalue weighted by Crippen LogP contribution is -2.27. The zero-order chi connectivity index (χ0) is 11.1. The highest BCUT2D eigenvalue weighted by atomic mass is 16.9. The summed E-state index contributed by atoms with van der Waals surface area (Å²) in [5.74, 6) is -0.315. The van der Waals surface area contributed by atoms with Crippen molar-refractivity contribution in [1.82, 2.24) is 10.3 Å². The third-order valence-electron chi connectivity index (χ3n) is 1.53. The number of nitrogens with zero attached hydrogens (tertiary/aromatic N) is 2. The van der Waals surface area contributed by atoms with Crippen LogP contribution in [0.15, 0.2) is 24.5 Å². The lowest BCUT2D eigenvalue weighted by atomic mass is 10.2. The number of carbonyl (C=O) groups is 1. The number of rotatable bonds is 5. The number of nitrogens with one attached hydrogen (secondary N) is 1. The molecule has 1 aromatic heterocycles. The van der Waals surface area contributed by atoms with Crippen molar-refractivity contribution < 1.29 is 14.7 Å². The van der Waals surface area contributed by atoms with Gasteiger partial charge in [0.15, 0.2) is 0 Å². The molecule has 0 atom stereocenters. The Kier molecular flexibility index (Phi) is 4.02. The van der Waals surface area contributed by atoms with Crippen LogP contribution in [0.3, 0.4) is 0 Å². The van der Waals surface area contributed by atoms with Gasteiger partial charge < -0.3 is 10.2 Å². The van der Waals surface area contributed by atoms with Crippen molar-refractivity contribution >= 4 is 5.91 Å². The first-order valence-corrected chi connectivity index (χ1v) is 4.15. The summed E-state index contributed by atoms with van der Waals surface area (Å²) in [5, 5.41) is 11.3. The molecule has 1 heterocycles. The van der Waals surface area contributed by atoms with Crippen molar-refractivity contribution in [3.8, 4) is 0 Å². The normalized spacial score (nSPS) is 9.33. The largest absolute Gasteiger partial charge is 0.350 e. The molecule has 0 saturated heterocycles. The molecule has 1 aromatic rings. The van der Waals surface area contributed by atoms with Crippen LogP contribution < -0.4 is 5.32 Å². The van der Waals surface area contributed by atoms with Crippen molar-refractivity contribution in [2.75, 3.05) is 13.2 Å². The molecule has 0 saturated carbocycles. The van der Waals surface area contributed by atoms with Gasteiger partial charge in [0.25, 0.3) is 11.0 Å². The second kappa shape index (κ2) is 5.53. The lowest BCUT2D eigenvalue weighted by molar-refractivity contribution is -0.757. The Labute approximate surface area is 85.2 Å². The van der Waals surface area contributed by atoms with Crippen molar-refractivity contribution in [3.63, 3.8) is 0 Å². The molecule has 0 aliphatic heterocycles. The predicted octanol–water partition coefficient (Wildman–Crippen LogP) is 0.0197. The standard InChI is InChI=1S/C8H9N3O4/c12-8(7-1-3-9-4-2-7)10-5-6-15-11(13)14/h1-4H,5-6H2,(H,10,12). The van der Waals surface area contributed by atoms with Gasteiger partial charge in [0.2, 0.25) is 0 Å². The Morgan fingerprint density at radius 1 is 1.53 bits per heavy atom. The molecule has 0 unspecified atom stereocenters. The summed E-state index contributed by atoms with van der Waals surface area (Å²) in [6, 6.07) is 3.09. The van der Waals surface area contributed by atoms with Crippen LogP contribution in [0, 0.1) is 10.1 Å². The van der Waals surface area contributed by atoms with Crippen LogP contribution in [0.2, 0.25) is 0 Å². The van der Waals surface area contributed by atoms with Crippen LogP contribution in [-0.4, -0.2) is 29.1 Å². The Bertz CT molecular complexity index is 341. The number of hydrogen-bond donors (Lipinski definition) is 1. The van der Waals surface area contributed by atoms with Gasteiger partial charge in [-0.1, -0.05) is 0 Å². The Hall–Kier alpha value is -2.18. The van der Waals surface area contributed by atoms with E-state index < -0.39 is 5.09 Å². The molecule has 15 heavy (non-hydrogen) atoms. The molecule has 0 radical (unpaired) electrons. The maximum absolute atomic E-state index is 11.3. The molecule has 0 fully saturated rings. The van der Waals surface area contributed by atoms with Gasteiger partial charge in [0, 0.05) is 24.5 Å². The Morgan fingerprint density at radius 2 is 2.20 bits per heavy atom. The van der Waals surface area contributed by atoms with Gasteiger partial charge in [-0.25, -0.2) is 0 Å². The summed E-state index contributed by atoms with van der Waals surface area (Å²) in [6.45, 7) is -0.0774. The van der Waals surface area contributed by atoms with E-state index in [1.54, 1.807) is 12.1 Å². The lowest BCUT2D eigenvalue weighted by Gasteiger charge is -2.03. The maximum Gasteiger partial charge on any atom is 0.294 e. The highest BCUT2D eigenvalue weighted by Gasteiger charge is 2.03. The van der Waals surface area contributed by atoms with Crippen molar-refractivity contribution in [2.45, 2.75) is 0 Å². The second-order valence-electron chi connectivity index (χ2n) is 2.55. The summed E-state index contributed by atoms with van der Waals surface area (Å²) in [5.41, 5.74) is 0.450. The van der Waals surface area contributed by atoms with Crippen molar-refractivity contribution in [3.05, 3.63) is 40.2 Å². The fourth-order valence-corrected chi connectivity index (χ4v) is 0.890. The fourth-order valence-electron chi connectivity index (χ4n) is 0.890. The van der Waals surface area contributed by atoms with E-state index in [4.69, 9.17) is 0 Å². The van der Waals surface area contributed by atoms with Crippen LogP contribution in [-0.2, 0) is 4.84 Å². The third-order valence-corrected chi connectivity index (χ3v) is 1.53. The smallest absolute Gasteiger partial charge is 0.294 e. The average molecular weight is 211 g/mol. The minimum atomic E-state index is -0.904. The second-order valence-corrected chi connectivity index (χ2v) is 2.55.